The maximum atomic E-state index is 11.3. The molecule has 0 bridgehead atoms. The van der Waals surface area contributed by atoms with Gasteiger partial charge in [-0.1, -0.05) is 5.11 Å². The average molecular weight is 271 g/mol. The van der Waals surface area contributed by atoms with Crippen LogP contribution < -0.4 is 0 Å². The molecule has 0 aromatic carbocycles. The van der Waals surface area contributed by atoms with Crippen LogP contribution in [0.25, 0.3) is 10.4 Å². The number of carbonyl (C=O) groups excluding carboxylic acids is 1. The molecule has 2 aliphatic heterocycles. The van der Waals surface area contributed by atoms with E-state index in [2.05, 4.69) is 10.0 Å². The predicted molar refractivity (Wildman–Crippen MR) is 58.7 cm³/mol. The Hall–Kier alpha value is -1.54. The predicted octanol–water partition coefficient (Wildman–Crippen LogP) is 0.404. The molecule has 0 aromatic rings. The van der Waals surface area contributed by atoms with Gasteiger partial charge >= 0.3 is 6.16 Å². The van der Waals surface area contributed by atoms with Crippen molar-refractivity contribution in [3.05, 3.63) is 17.4 Å². The molecule has 2 aliphatic rings. The summed E-state index contributed by atoms with van der Waals surface area (Å²) in [7, 11) is 0. The van der Waals surface area contributed by atoms with Gasteiger partial charge in [-0.2, -0.15) is 0 Å². The Labute approximate surface area is 109 Å². The van der Waals surface area contributed by atoms with Crippen molar-refractivity contribution in [3.8, 4) is 0 Å². The van der Waals surface area contributed by atoms with Gasteiger partial charge in [-0.15, -0.1) is 0 Å². The van der Waals surface area contributed by atoms with Gasteiger partial charge in [-0.3, -0.25) is 0 Å². The van der Waals surface area contributed by atoms with Crippen LogP contribution in [-0.2, 0) is 18.9 Å². The van der Waals surface area contributed by atoms with Crippen LogP contribution >= 0.6 is 0 Å². The van der Waals surface area contributed by atoms with Gasteiger partial charge in [-0.25, -0.2) is 4.79 Å². The van der Waals surface area contributed by atoms with Gasteiger partial charge in [-0.05, 0) is 18.9 Å². The standard InChI is InChI=1S/C10H13N3O6/c1-5-2-6(12-13-11)8(17-5)4-16-10(15)19-9-7(3-14)18-9/h1,5-9,14H,2-4H2/t5-,6+,7-,8+,9+/m0/s1. The second-order valence-electron chi connectivity index (χ2n) is 4.13. The average Bonchev–Trinajstić information content (AvgIpc) is 3.03. The Morgan fingerprint density at radius 1 is 1.53 bits per heavy atom. The summed E-state index contributed by atoms with van der Waals surface area (Å²) in [6.45, 7) is 5.20. The zero-order chi connectivity index (χ0) is 13.8. The van der Waals surface area contributed by atoms with Crippen LogP contribution in [-0.4, -0.2) is 55.1 Å². The molecule has 0 unspecified atom stereocenters. The zero-order valence-corrected chi connectivity index (χ0v) is 9.92. The lowest BCUT2D eigenvalue weighted by atomic mass is 10.1. The molecule has 0 saturated carbocycles. The Kier molecular flexibility index (Phi) is 4.43. The van der Waals surface area contributed by atoms with Gasteiger partial charge in [0.2, 0.25) is 6.29 Å². The van der Waals surface area contributed by atoms with Crippen LogP contribution in [0.15, 0.2) is 5.11 Å². The molecule has 2 heterocycles. The summed E-state index contributed by atoms with van der Waals surface area (Å²) in [6.07, 6.45) is -2.97. The smallest absolute Gasteiger partial charge is 0.431 e. The zero-order valence-electron chi connectivity index (χ0n) is 9.92. The number of azide groups is 1. The minimum Gasteiger partial charge on any atom is -0.431 e. The van der Waals surface area contributed by atoms with E-state index in [1.54, 1.807) is 0 Å². The fourth-order valence-corrected chi connectivity index (χ4v) is 1.74. The van der Waals surface area contributed by atoms with Crippen molar-refractivity contribution in [2.24, 2.45) is 5.11 Å². The highest BCUT2D eigenvalue weighted by Gasteiger charge is 2.43. The monoisotopic (exact) mass is 271 g/mol. The Bertz CT molecular complexity index is 385. The molecule has 0 aromatic heterocycles. The summed E-state index contributed by atoms with van der Waals surface area (Å²) in [5, 5.41) is 12.2. The summed E-state index contributed by atoms with van der Waals surface area (Å²) in [6, 6.07) is -0.477. The summed E-state index contributed by atoms with van der Waals surface area (Å²) in [4.78, 5) is 13.9. The number of hydrogen-bond acceptors (Lipinski definition) is 7. The number of nitrogens with zero attached hydrogens (tertiary/aromatic N) is 3. The van der Waals surface area contributed by atoms with E-state index in [-0.39, 0.29) is 13.2 Å². The van der Waals surface area contributed by atoms with Crippen molar-refractivity contribution in [1.29, 1.82) is 0 Å². The topological polar surface area (TPSA) is 126 Å². The molecule has 0 amide bonds. The largest absolute Gasteiger partial charge is 0.510 e. The van der Waals surface area contributed by atoms with E-state index in [4.69, 9.17) is 36.5 Å². The minimum absolute atomic E-state index is 0.132. The number of hydrogen-bond donors (Lipinski definition) is 1. The molecule has 9 heteroatoms. The number of aliphatic hydroxyl groups excluding tert-OH is 1. The first kappa shape index (κ1) is 13.9. The van der Waals surface area contributed by atoms with E-state index in [9.17, 15) is 4.79 Å². The minimum atomic E-state index is -0.940. The third-order valence-electron chi connectivity index (χ3n) is 2.75. The molecule has 19 heavy (non-hydrogen) atoms. The van der Waals surface area contributed by atoms with Gasteiger partial charge in [0.05, 0.1) is 18.8 Å². The molecular weight excluding hydrogens is 258 g/mol. The highest BCUT2D eigenvalue weighted by molar-refractivity contribution is 5.60. The van der Waals surface area contributed by atoms with Crippen molar-refractivity contribution < 1.29 is 28.8 Å². The number of aliphatic hydroxyl groups is 1. The molecule has 2 fully saturated rings. The summed E-state index contributed by atoms with van der Waals surface area (Å²) in [5.74, 6) is 0. The molecule has 9 nitrogen and oxygen atoms in total. The number of ether oxygens (including phenoxy) is 4. The second kappa shape index (κ2) is 6.07. The molecule has 2 saturated heterocycles. The molecular formula is C10H13N3O6. The second-order valence-corrected chi connectivity index (χ2v) is 4.13. The third-order valence-corrected chi connectivity index (χ3v) is 2.75. The number of rotatable bonds is 5. The molecule has 104 valence electrons. The van der Waals surface area contributed by atoms with E-state index >= 15 is 0 Å². The number of epoxide rings is 1. The fourth-order valence-electron chi connectivity index (χ4n) is 1.74. The lowest BCUT2D eigenvalue weighted by Crippen LogP contribution is -2.27. The first-order valence-corrected chi connectivity index (χ1v) is 5.69. The van der Waals surface area contributed by atoms with Crippen LogP contribution in [0.1, 0.15) is 6.42 Å². The maximum Gasteiger partial charge on any atom is 0.510 e. The van der Waals surface area contributed by atoms with Gasteiger partial charge in [0.1, 0.15) is 18.8 Å². The van der Waals surface area contributed by atoms with Crippen molar-refractivity contribution in [3.63, 3.8) is 0 Å². The lowest BCUT2D eigenvalue weighted by Gasteiger charge is -2.14. The van der Waals surface area contributed by atoms with Crippen molar-refractivity contribution in [2.45, 2.75) is 37.1 Å². The van der Waals surface area contributed by atoms with E-state index in [0.717, 1.165) is 0 Å². The normalized spacial score (nSPS) is 36.4. The van der Waals surface area contributed by atoms with Gasteiger partial charge in [0.15, 0.2) is 0 Å². The van der Waals surface area contributed by atoms with Crippen LogP contribution in [0.2, 0.25) is 0 Å². The number of carbonyl (C=O) groups is 1. The summed E-state index contributed by atoms with van der Waals surface area (Å²) in [5.41, 5.74) is 8.38. The molecule has 1 N–H and O–H groups in total. The first-order chi connectivity index (χ1) is 9.13. The summed E-state index contributed by atoms with van der Waals surface area (Å²) < 4.78 is 19.6. The Morgan fingerprint density at radius 3 is 2.95 bits per heavy atom. The molecule has 2 rings (SSSR count). The quantitative estimate of drug-likeness (QED) is 0.253. The van der Waals surface area contributed by atoms with Crippen molar-refractivity contribution in [2.75, 3.05) is 13.2 Å². The first-order valence-electron chi connectivity index (χ1n) is 5.69. The van der Waals surface area contributed by atoms with E-state index in [1.165, 1.54) is 0 Å². The highest BCUT2D eigenvalue weighted by atomic mass is 16.8. The van der Waals surface area contributed by atoms with Gasteiger partial charge in [0, 0.05) is 4.91 Å². The third kappa shape index (κ3) is 3.71. The van der Waals surface area contributed by atoms with Crippen LogP contribution in [0.3, 0.4) is 0 Å². The lowest BCUT2D eigenvalue weighted by molar-refractivity contribution is -0.0204. The van der Waals surface area contributed by atoms with Crippen molar-refractivity contribution >= 4 is 6.16 Å². The van der Waals surface area contributed by atoms with Crippen LogP contribution in [0.4, 0.5) is 4.79 Å². The molecule has 5 atom stereocenters. The maximum absolute atomic E-state index is 11.3. The fraction of sp³-hybridized carbons (Fsp3) is 0.800. The molecule has 0 aliphatic carbocycles. The van der Waals surface area contributed by atoms with Crippen LogP contribution in [0.5, 0.6) is 0 Å². The highest BCUT2D eigenvalue weighted by Crippen LogP contribution is 2.25. The Balaban J connectivity index is 1.72. The van der Waals surface area contributed by atoms with E-state index in [1.807, 2.05) is 0 Å². The SMILES string of the molecule is [CH][C@H]1C[C@@H](N=[N+]=[N-])[C@@H](COC(=O)O[C@H]2O[C@H]2CO)O1. The van der Waals surface area contributed by atoms with Crippen LogP contribution in [0, 0.1) is 6.92 Å². The van der Waals surface area contributed by atoms with Gasteiger partial charge < -0.3 is 24.1 Å². The summed E-state index contributed by atoms with van der Waals surface area (Å²) >= 11 is 0. The Morgan fingerprint density at radius 2 is 2.32 bits per heavy atom. The van der Waals surface area contributed by atoms with E-state index in [0.29, 0.717) is 6.42 Å². The van der Waals surface area contributed by atoms with Crippen molar-refractivity contribution in [1.82, 2.24) is 0 Å². The molecule has 2 radical (unpaired) electrons. The molecule has 0 spiro atoms. The van der Waals surface area contributed by atoms with Gasteiger partial charge in [0.25, 0.3) is 0 Å². The van der Waals surface area contributed by atoms with E-state index < -0.39 is 36.8 Å².